The van der Waals surface area contributed by atoms with Gasteiger partial charge in [-0.05, 0) is 47.5 Å². The summed E-state index contributed by atoms with van der Waals surface area (Å²) in [7, 11) is 0.824. The van der Waals surface area contributed by atoms with Crippen LogP contribution in [0.15, 0.2) is 16.9 Å². The maximum atomic E-state index is 13.8. The van der Waals surface area contributed by atoms with Crippen molar-refractivity contribution in [2.24, 2.45) is 13.0 Å². The van der Waals surface area contributed by atoms with E-state index in [1.165, 1.54) is 18.9 Å². The summed E-state index contributed by atoms with van der Waals surface area (Å²) in [4.78, 5) is 18.4. The fourth-order valence-electron chi connectivity index (χ4n) is 3.90. The van der Waals surface area contributed by atoms with E-state index in [-0.39, 0.29) is 38.3 Å². The zero-order valence-corrected chi connectivity index (χ0v) is 23.4. The summed E-state index contributed by atoms with van der Waals surface area (Å²) in [5.74, 6) is -0.252. The molecule has 0 spiro atoms. The molecular formula is C23H34N6O8S. The van der Waals surface area contributed by atoms with Gasteiger partial charge in [0.1, 0.15) is 13.6 Å². The Bertz CT molecular complexity index is 1410. The van der Waals surface area contributed by atoms with Crippen LogP contribution in [0.25, 0.3) is 22.6 Å². The Kier molecular flexibility index (Phi) is 10.0. The number of nitrogens with zero attached hydrogens (tertiary/aromatic N) is 6. The van der Waals surface area contributed by atoms with Gasteiger partial charge in [0.15, 0.2) is 5.69 Å². The molecule has 1 aromatic carbocycles. The number of aryl methyl sites for hydroxylation is 3. The predicted molar refractivity (Wildman–Crippen MR) is 137 cm³/mol. The molecule has 0 unspecified atom stereocenters. The van der Waals surface area contributed by atoms with Crippen molar-refractivity contribution < 1.29 is 31.5 Å². The quantitative estimate of drug-likeness (QED) is 0.204. The molecule has 210 valence electrons. The number of hydrogen-bond acceptors (Lipinski definition) is 12. The highest BCUT2D eigenvalue weighted by molar-refractivity contribution is 7.85. The summed E-state index contributed by atoms with van der Waals surface area (Å²) in [6.07, 6.45) is -0.461. The van der Waals surface area contributed by atoms with Gasteiger partial charge in [-0.2, -0.15) is 8.42 Å². The zero-order valence-electron chi connectivity index (χ0n) is 22.6. The van der Waals surface area contributed by atoms with Gasteiger partial charge in [0, 0.05) is 27.2 Å². The molecule has 2 heterocycles. The largest absolute Gasteiger partial charge is 0.359 e. The van der Waals surface area contributed by atoms with Crippen molar-refractivity contribution in [2.45, 2.75) is 39.5 Å². The van der Waals surface area contributed by atoms with Crippen LogP contribution in [0.1, 0.15) is 18.1 Å². The number of hydrogen-bond donors (Lipinski definition) is 0. The lowest BCUT2D eigenvalue weighted by Crippen LogP contribution is -2.42. The van der Waals surface area contributed by atoms with Crippen LogP contribution >= 0.6 is 0 Å². The number of tetrazole rings is 1. The predicted octanol–water partition coefficient (Wildman–Crippen LogP) is 0.794. The molecule has 3 aromatic rings. The van der Waals surface area contributed by atoms with Gasteiger partial charge in [0.25, 0.3) is 15.7 Å². The first kappa shape index (κ1) is 29.7. The van der Waals surface area contributed by atoms with Gasteiger partial charge in [-0.1, -0.05) is 6.92 Å². The van der Waals surface area contributed by atoms with Gasteiger partial charge in [0.05, 0.1) is 42.6 Å². The molecule has 15 heteroatoms. The van der Waals surface area contributed by atoms with E-state index in [1.54, 1.807) is 11.6 Å². The lowest BCUT2D eigenvalue weighted by Gasteiger charge is -2.31. The van der Waals surface area contributed by atoms with Crippen molar-refractivity contribution in [3.8, 4) is 11.5 Å². The summed E-state index contributed by atoms with van der Waals surface area (Å²) < 4.78 is 53.2. The summed E-state index contributed by atoms with van der Waals surface area (Å²) in [6, 6.07) is 3.79. The lowest BCUT2D eigenvalue weighted by molar-refractivity contribution is -0.149. The second kappa shape index (κ2) is 12.8. The van der Waals surface area contributed by atoms with Crippen molar-refractivity contribution in [2.75, 3.05) is 40.7 Å². The van der Waals surface area contributed by atoms with Gasteiger partial charge >= 0.3 is 0 Å². The molecule has 3 rings (SSSR count). The molecule has 0 amide bonds. The topological polar surface area (TPSA) is 159 Å². The van der Waals surface area contributed by atoms with Crippen molar-refractivity contribution in [3.05, 3.63) is 33.6 Å². The highest BCUT2D eigenvalue weighted by Gasteiger charge is 2.31. The van der Waals surface area contributed by atoms with Gasteiger partial charge in [0.2, 0.25) is 5.82 Å². The molecule has 2 aromatic heterocycles. The average molecular weight is 555 g/mol. The van der Waals surface area contributed by atoms with Crippen LogP contribution in [-0.2, 0) is 46.8 Å². The van der Waals surface area contributed by atoms with Crippen LogP contribution in [0.5, 0.6) is 0 Å². The zero-order chi connectivity index (χ0) is 28.0. The molecule has 0 fully saturated rings. The highest BCUT2D eigenvalue weighted by Crippen LogP contribution is 2.23. The minimum absolute atomic E-state index is 0.0644. The van der Waals surface area contributed by atoms with Crippen LogP contribution in [-0.4, -0.2) is 91.1 Å². The summed E-state index contributed by atoms with van der Waals surface area (Å²) >= 11 is 0. The minimum atomic E-state index is -3.73. The number of fused-ring (bicyclic) bond motifs is 1. The SMILES string of the molecule is COCO[C@@H](Cn1c(=O)c(-c2nnnn2C)nc2cc(C)c(C)cc21)[C@H](C)[C@@H](COS(C)(=O)=O)OCOC. The fourth-order valence-corrected chi connectivity index (χ4v) is 4.28. The molecule has 0 N–H and O–H groups in total. The Labute approximate surface area is 220 Å². The van der Waals surface area contributed by atoms with E-state index in [1.807, 2.05) is 32.9 Å². The number of aromatic nitrogens is 6. The van der Waals surface area contributed by atoms with E-state index < -0.39 is 33.8 Å². The monoisotopic (exact) mass is 554 g/mol. The smallest absolute Gasteiger partial charge is 0.281 e. The molecule has 0 saturated carbocycles. The average Bonchev–Trinajstić information content (AvgIpc) is 3.28. The third-order valence-corrected chi connectivity index (χ3v) is 6.74. The molecule has 0 aliphatic carbocycles. The number of benzene rings is 1. The first-order valence-corrected chi connectivity index (χ1v) is 13.6. The molecule has 0 saturated heterocycles. The van der Waals surface area contributed by atoms with Crippen molar-refractivity contribution in [3.63, 3.8) is 0 Å². The van der Waals surface area contributed by atoms with E-state index in [9.17, 15) is 13.2 Å². The normalized spacial score (nSPS) is 14.6. The van der Waals surface area contributed by atoms with E-state index in [0.717, 1.165) is 17.4 Å². The van der Waals surface area contributed by atoms with Crippen LogP contribution in [0, 0.1) is 19.8 Å². The molecule has 0 aliphatic rings. The first-order chi connectivity index (χ1) is 18.0. The molecule has 38 heavy (non-hydrogen) atoms. The Morgan fingerprint density at radius 1 is 1.03 bits per heavy atom. The Morgan fingerprint density at radius 2 is 1.66 bits per heavy atom. The van der Waals surface area contributed by atoms with E-state index >= 15 is 0 Å². The van der Waals surface area contributed by atoms with Gasteiger partial charge < -0.3 is 23.5 Å². The Morgan fingerprint density at radius 3 is 2.24 bits per heavy atom. The molecule has 3 atom stereocenters. The second-order valence-corrected chi connectivity index (χ2v) is 10.6. The standard InChI is InChI=1S/C23H34N6O8S/c1-14-8-17-18(9-15(14)2)29(23(30)21(24-17)22-25-26-27-28(22)4)10-19(35-12-33-5)16(3)20(36-13-34-6)11-37-38(7,31)32/h8-9,16,19-20H,10-13H2,1-7H3/t16-,19-,20+/m0/s1. The third-order valence-electron chi connectivity index (χ3n) is 6.18. The Hall–Kier alpha value is -2.82. The Balaban J connectivity index is 2.12. The van der Waals surface area contributed by atoms with Crippen LogP contribution in [0.3, 0.4) is 0 Å². The first-order valence-electron chi connectivity index (χ1n) is 11.8. The van der Waals surface area contributed by atoms with E-state index in [0.29, 0.717) is 11.0 Å². The number of rotatable bonds is 14. The second-order valence-electron chi connectivity index (χ2n) is 9.00. The molecule has 0 radical (unpaired) electrons. The van der Waals surface area contributed by atoms with Gasteiger partial charge in [-0.25, -0.2) is 9.67 Å². The number of methoxy groups -OCH3 is 2. The molecule has 0 bridgehead atoms. The lowest BCUT2D eigenvalue weighted by atomic mass is 9.97. The van der Waals surface area contributed by atoms with Gasteiger partial charge in [-0.3, -0.25) is 8.98 Å². The fraction of sp³-hybridized carbons (Fsp3) is 0.609. The third kappa shape index (κ3) is 7.18. The molecular weight excluding hydrogens is 520 g/mol. The van der Waals surface area contributed by atoms with Crippen molar-refractivity contribution >= 4 is 21.2 Å². The highest BCUT2D eigenvalue weighted by atomic mass is 32.2. The van der Waals surface area contributed by atoms with Crippen molar-refractivity contribution in [1.82, 2.24) is 29.8 Å². The van der Waals surface area contributed by atoms with E-state index in [4.69, 9.17) is 23.1 Å². The van der Waals surface area contributed by atoms with Gasteiger partial charge in [-0.15, -0.1) is 5.10 Å². The van der Waals surface area contributed by atoms with Crippen LogP contribution in [0.2, 0.25) is 0 Å². The minimum Gasteiger partial charge on any atom is -0.359 e. The van der Waals surface area contributed by atoms with E-state index in [2.05, 4.69) is 20.5 Å². The molecule has 0 aliphatic heterocycles. The maximum absolute atomic E-state index is 13.8. The van der Waals surface area contributed by atoms with Crippen molar-refractivity contribution in [1.29, 1.82) is 0 Å². The maximum Gasteiger partial charge on any atom is 0.281 e. The summed E-state index contributed by atoms with van der Waals surface area (Å²) in [5.41, 5.74) is 2.82. The van der Waals surface area contributed by atoms with Crippen LogP contribution < -0.4 is 5.56 Å². The molecule has 14 nitrogen and oxygen atoms in total. The number of ether oxygens (including phenoxy) is 4. The van der Waals surface area contributed by atoms with Crippen LogP contribution in [0.4, 0.5) is 0 Å². The summed E-state index contributed by atoms with van der Waals surface area (Å²) in [5, 5.41) is 11.5. The summed E-state index contributed by atoms with van der Waals surface area (Å²) in [6.45, 7) is 5.34.